The van der Waals surface area contributed by atoms with Crippen molar-refractivity contribution in [2.45, 2.75) is 13.5 Å². The molecule has 0 fully saturated rings. The Labute approximate surface area is 137 Å². The molecule has 0 saturated carbocycles. The van der Waals surface area contributed by atoms with Crippen LogP contribution in [0, 0.1) is 12.7 Å². The number of carbonyl (C=O) groups excluding carboxylic acids is 1. The van der Waals surface area contributed by atoms with Crippen molar-refractivity contribution >= 4 is 16.9 Å². The van der Waals surface area contributed by atoms with E-state index in [0.29, 0.717) is 28.8 Å². The van der Waals surface area contributed by atoms with Crippen molar-refractivity contribution in [2.24, 2.45) is 7.05 Å². The van der Waals surface area contributed by atoms with Gasteiger partial charge in [0.2, 0.25) is 0 Å². The minimum atomic E-state index is -0.313. The van der Waals surface area contributed by atoms with Crippen molar-refractivity contribution in [3.8, 4) is 0 Å². The Morgan fingerprint density at radius 2 is 1.92 bits per heavy atom. The molecule has 0 aliphatic rings. The molecule has 0 saturated heterocycles. The number of hydrogen-bond donors (Lipinski definition) is 1. The summed E-state index contributed by atoms with van der Waals surface area (Å²) >= 11 is 0. The third-order valence-corrected chi connectivity index (χ3v) is 3.87. The first kappa shape index (κ1) is 15.9. The van der Waals surface area contributed by atoms with E-state index >= 15 is 0 Å². The molecule has 3 aromatic rings. The molecule has 1 heterocycles. The molecule has 0 bridgehead atoms. The van der Waals surface area contributed by atoms with E-state index in [2.05, 4.69) is 10.3 Å². The Hall–Kier alpha value is -3.02. The van der Waals surface area contributed by atoms with E-state index in [1.165, 1.54) is 16.7 Å². The topological polar surface area (TPSA) is 64.0 Å². The highest BCUT2D eigenvalue weighted by atomic mass is 19.1. The fraction of sp³-hybridized carbons (Fsp3) is 0.167. The number of aryl methyl sites for hydroxylation is 2. The second-order valence-electron chi connectivity index (χ2n) is 5.57. The highest BCUT2D eigenvalue weighted by molar-refractivity contribution is 5.97. The molecule has 0 spiro atoms. The van der Waals surface area contributed by atoms with Gasteiger partial charge < -0.3 is 9.88 Å². The molecule has 0 aliphatic carbocycles. The molecule has 122 valence electrons. The van der Waals surface area contributed by atoms with Crippen molar-refractivity contribution in [3.63, 3.8) is 0 Å². The highest BCUT2D eigenvalue weighted by Gasteiger charge is 2.10. The summed E-state index contributed by atoms with van der Waals surface area (Å²) in [4.78, 5) is 28.4. The van der Waals surface area contributed by atoms with Crippen LogP contribution in [-0.2, 0) is 13.6 Å². The lowest BCUT2D eigenvalue weighted by Gasteiger charge is -2.09. The molecular formula is C18H16FN3O2. The molecule has 0 atom stereocenters. The van der Waals surface area contributed by atoms with Gasteiger partial charge in [0.25, 0.3) is 11.5 Å². The molecule has 2 aromatic carbocycles. The van der Waals surface area contributed by atoms with Gasteiger partial charge in [-0.1, -0.05) is 12.1 Å². The van der Waals surface area contributed by atoms with E-state index in [0.717, 1.165) is 5.56 Å². The lowest BCUT2D eigenvalue weighted by molar-refractivity contribution is 0.0951. The average molecular weight is 325 g/mol. The number of fused-ring (bicyclic) bond motifs is 1. The van der Waals surface area contributed by atoms with Gasteiger partial charge in [-0.05, 0) is 42.8 Å². The number of rotatable bonds is 3. The molecule has 6 heteroatoms. The molecule has 1 aromatic heterocycles. The molecule has 3 rings (SSSR count). The normalized spacial score (nSPS) is 10.8. The van der Waals surface area contributed by atoms with E-state index < -0.39 is 0 Å². The Balaban J connectivity index is 1.83. The van der Waals surface area contributed by atoms with Crippen LogP contribution in [0.25, 0.3) is 11.0 Å². The van der Waals surface area contributed by atoms with E-state index in [1.807, 2.05) is 0 Å². The third kappa shape index (κ3) is 3.03. The van der Waals surface area contributed by atoms with Crippen LogP contribution in [0.4, 0.5) is 4.39 Å². The number of carbonyl (C=O) groups is 1. The van der Waals surface area contributed by atoms with Gasteiger partial charge in [0, 0.05) is 19.2 Å². The molecule has 1 N–H and O–H groups in total. The third-order valence-electron chi connectivity index (χ3n) is 3.87. The van der Waals surface area contributed by atoms with Crippen molar-refractivity contribution in [3.05, 3.63) is 75.5 Å². The monoisotopic (exact) mass is 325 g/mol. The molecule has 0 radical (unpaired) electrons. The zero-order valence-electron chi connectivity index (χ0n) is 13.3. The first-order valence-electron chi connectivity index (χ1n) is 7.46. The summed E-state index contributed by atoms with van der Waals surface area (Å²) in [6, 6.07) is 11.0. The Kier molecular flexibility index (Phi) is 4.12. The minimum Gasteiger partial charge on any atom is -0.348 e. The minimum absolute atomic E-state index is 0.156. The zero-order chi connectivity index (χ0) is 17.3. The largest absolute Gasteiger partial charge is 0.348 e. The van der Waals surface area contributed by atoms with Gasteiger partial charge >= 0.3 is 0 Å². The quantitative estimate of drug-likeness (QED) is 0.804. The molecule has 5 nitrogen and oxygen atoms in total. The standard InChI is InChI=1S/C18H16FN3O2/c1-11-18(24)22(2)16-8-5-13(9-15(16)21-11)17(23)20-10-12-3-6-14(19)7-4-12/h3-9H,10H2,1-2H3,(H,20,23). The van der Waals surface area contributed by atoms with Crippen LogP contribution in [0.5, 0.6) is 0 Å². The van der Waals surface area contributed by atoms with Crippen molar-refractivity contribution in [2.75, 3.05) is 0 Å². The maximum atomic E-state index is 12.9. The maximum absolute atomic E-state index is 12.9. The Morgan fingerprint density at radius 1 is 1.21 bits per heavy atom. The predicted molar refractivity (Wildman–Crippen MR) is 89.3 cm³/mol. The van der Waals surface area contributed by atoms with Gasteiger partial charge in [-0.25, -0.2) is 9.37 Å². The van der Waals surface area contributed by atoms with Gasteiger partial charge in [-0.3, -0.25) is 9.59 Å². The summed E-state index contributed by atoms with van der Waals surface area (Å²) in [5.41, 5.74) is 2.74. The predicted octanol–water partition coefficient (Wildman–Crippen LogP) is 2.31. The lowest BCUT2D eigenvalue weighted by Crippen LogP contribution is -2.24. The second kappa shape index (κ2) is 6.23. The number of nitrogens with one attached hydrogen (secondary N) is 1. The van der Waals surface area contributed by atoms with Gasteiger partial charge in [0.05, 0.1) is 11.0 Å². The first-order valence-corrected chi connectivity index (χ1v) is 7.46. The van der Waals surface area contributed by atoms with Crippen LogP contribution < -0.4 is 10.9 Å². The molecule has 0 unspecified atom stereocenters. The van der Waals surface area contributed by atoms with E-state index in [-0.39, 0.29) is 17.3 Å². The zero-order valence-corrected chi connectivity index (χ0v) is 13.3. The van der Waals surface area contributed by atoms with E-state index in [1.54, 1.807) is 44.3 Å². The van der Waals surface area contributed by atoms with E-state index in [9.17, 15) is 14.0 Å². The maximum Gasteiger partial charge on any atom is 0.272 e. The average Bonchev–Trinajstić information content (AvgIpc) is 2.58. The number of amides is 1. The summed E-state index contributed by atoms with van der Waals surface area (Å²) in [7, 11) is 1.67. The molecule has 24 heavy (non-hydrogen) atoms. The number of nitrogens with zero attached hydrogens (tertiary/aromatic N) is 2. The highest BCUT2D eigenvalue weighted by Crippen LogP contribution is 2.13. The number of aromatic nitrogens is 2. The smallest absolute Gasteiger partial charge is 0.272 e. The number of halogens is 1. The van der Waals surface area contributed by atoms with Crippen LogP contribution in [0.3, 0.4) is 0 Å². The summed E-state index contributed by atoms with van der Waals surface area (Å²) in [6.07, 6.45) is 0. The second-order valence-corrected chi connectivity index (χ2v) is 5.57. The Morgan fingerprint density at radius 3 is 2.62 bits per heavy atom. The van der Waals surface area contributed by atoms with Gasteiger partial charge in [0.1, 0.15) is 11.5 Å². The van der Waals surface area contributed by atoms with Crippen LogP contribution in [0.15, 0.2) is 47.3 Å². The summed E-state index contributed by atoms with van der Waals surface area (Å²) in [6.45, 7) is 1.94. The van der Waals surface area contributed by atoms with Crippen molar-refractivity contribution < 1.29 is 9.18 Å². The lowest BCUT2D eigenvalue weighted by atomic mass is 10.1. The summed E-state index contributed by atoms with van der Waals surface area (Å²) in [5.74, 6) is -0.568. The van der Waals surface area contributed by atoms with Crippen LogP contribution in [-0.4, -0.2) is 15.5 Å². The Bertz CT molecular complexity index is 978. The number of hydrogen-bond acceptors (Lipinski definition) is 3. The first-order chi connectivity index (χ1) is 11.5. The SMILES string of the molecule is Cc1nc2cc(C(=O)NCc3ccc(F)cc3)ccc2n(C)c1=O. The van der Waals surface area contributed by atoms with Gasteiger partial charge in [0.15, 0.2) is 0 Å². The summed E-state index contributed by atoms with van der Waals surface area (Å²) < 4.78 is 14.4. The van der Waals surface area contributed by atoms with Crippen molar-refractivity contribution in [1.29, 1.82) is 0 Å². The fourth-order valence-corrected chi connectivity index (χ4v) is 2.51. The van der Waals surface area contributed by atoms with Crippen LogP contribution in [0.2, 0.25) is 0 Å². The van der Waals surface area contributed by atoms with Gasteiger partial charge in [-0.2, -0.15) is 0 Å². The number of benzene rings is 2. The van der Waals surface area contributed by atoms with Crippen molar-refractivity contribution in [1.82, 2.24) is 14.9 Å². The summed E-state index contributed by atoms with van der Waals surface area (Å²) in [5, 5.41) is 2.78. The molecule has 0 aliphatic heterocycles. The molecular weight excluding hydrogens is 309 g/mol. The fourth-order valence-electron chi connectivity index (χ4n) is 2.51. The molecule has 1 amide bonds. The van der Waals surface area contributed by atoms with E-state index in [4.69, 9.17) is 0 Å². The van der Waals surface area contributed by atoms with Crippen LogP contribution >= 0.6 is 0 Å². The van der Waals surface area contributed by atoms with Gasteiger partial charge in [-0.15, -0.1) is 0 Å². The van der Waals surface area contributed by atoms with Crippen LogP contribution in [0.1, 0.15) is 21.6 Å².